The number of aliphatic imine (C=N–C) groups is 1. The minimum absolute atomic E-state index is 0.551. The van der Waals surface area contributed by atoms with Crippen molar-refractivity contribution in [1.82, 2.24) is 0 Å². The Hall–Kier alpha value is -6.29. The van der Waals surface area contributed by atoms with Crippen LogP contribution in [-0.4, -0.2) is 5.71 Å². The number of aryl methyl sites for hydroxylation is 1. The predicted octanol–water partition coefficient (Wildman–Crippen LogP) is 14.4. The summed E-state index contributed by atoms with van der Waals surface area (Å²) < 4.78 is 1.06. The summed E-state index contributed by atoms with van der Waals surface area (Å²) in [4.78, 5) is 7.60. The highest BCUT2D eigenvalue weighted by Gasteiger charge is 2.51. The molecule has 0 radical (unpaired) electrons. The molecule has 0 N–H and O–H groups in total. The zero-order valence-electron chi connectivity index (χ0n) is 30.7. The van der Waals surface area contributed by atoms with E-state index >= 15 is 0 Å². The molecule has 8 aromatic carbocycles. The van der Waals surface area contributed by atoms with E-state index < -0.39 is 5.41 Å². The largest absolute Gasteiger partial charge is 0.310 e. The summed E-state index contributed by atoms with van der Waals surface area (Å²) in [6.45, 7) is 4.25. The first kappa shape index (κ1) is 33.3. The molecule has 0 aromatic heterocycles. The minimum Gasteiger partial charge on any atom is -0.310 e. The van der Waals surface area contributed by atoms with Crippen LogP contribution in [0.1, 0.15) is 40.3 Å². The van der Waals surface area contributed by atoms with Crippen LogP contribution in [-0.2, 0) is 5.41 Å². The van der Waals surface area contributed by atoms with Gasteiger partial charge in [-0.3, -0.25) is 4.99 Å². The second-order valence-electron chi connectivity index (χ2n) is 14.6. The van der Waals surface area contributed by atoms with Crippen LogP contribution in [0.3, 0.4) is 0 Å². The molecule has 0 saturated heterocycles. The molecule has 0 saturated carbocycles. The molecule has 8 aromatic rings. The highest BCUT2D eigenvalue weighted by Crippen LogP contribution is 2.64. The fourth-order valence-corrected chi connectivity index (χ4v) is 9.26. The van der Waals surface area contributed by atoms with Gasteiger partial charge in [0.05, 0.1) is 22.5 Å². The van der Waals surface area contributed by atoms with Crippen molar-refractivity contribution in [2.24, 2.45) is 4.99 Å². The van der Waals surface area contributed by atoms with Gasteiger partial charge in [0, 0.05) is 15.9 Å². The van der Waals surface area contributed by atoms with Crippen molar-refractivity contribution in [2.75, 3.05) is 4.90 Å². The fourth-order valence-electron chi connectivity index (χ4n) is 8.89. The van der Waals surface area contributed by atoms with Gasteiger partial charge in [-0.25, -0.2) is 0 Å². The fraction of sp³-hybridized carbons (Fsp3) is 0.0577. The Bertz CT molecular complexity index is 2760. The summed E-state index contributed by atoms with van der Waals surface area (Å²) in [5.41, 5.74) is 19.5. The number of halogens is 1. The van der Waals surface area contributed by atoms with E-state index in [-0.39, 0.29) is 0 Å². The van der Waals surface area contributed by atoms with Crippen LogP contribution in [0.2, 0.25) is 0 Å². The van der Waals surface area contributed by atoms with E-state index in [0.717, 1.165) is 49.4 Å². The topological polar surface area (TPSA) is 15.6 Å². The van der Waals surface area contributed by atoms with Crippen molar-refractivity contribution in [3.05, 3.63) is 226 Å². The van der Waals surface area contributed by atoms with E-state index in [2.05, 4.69) is 223 Å². The van der Waals surface area contributed by atoms with Crippen LogP contribution in [0.25, 0.3) is 33.4 Å². The standard InChI is InChI=1S/C52H37BrN2/c1-34-15-9-14-24-49(34)54-35(2)38-29-39(36-16-5-3-6-17-36)31-40(30-38)37-25-27-50-47(32-37)52(45-22-12-10-20-43(45)44-21-11-13-23-46(44)52)48-33-41(53)26-28-51(48)55(50)42-18-7-4-8-19-42/h3-33H,1-2H3/b54-35+. The lowest BCUT2D eigenvalue weighted by molar-refractivity contribution is 0.752. The van der Waals surface area contributed by atoms with Crippen LogP contribution in [0.15, 0.2) is 198 Å². The van der Waals surface area contributed by atoms with E-state index in [1.807, 2.05) is 0 Å². The Morgan fingerprint density at radius 2 is 1.05 bits per heavy atom. The molecule has 55 heavy (non-hydrogen) atoms. The third-order valence-corrected chi connectivity index (χ3v) is 11.9. The Morgan fingerprint density at radius 1 is 0.491 bits per heavy atom. The maximum Gasteiger partial charge on any atom is 0.0754 e. The zero-order valence-corrected chi connectivity index (χ0v) is 32.3. The van der Waals surface area contributed by atoms with Gasteiger partial charge in [0.2, 0.25) is 0 Å². The second-order valence-corrected chi connectivity index (χ2v) is 15.5. The molecule has 2 aliphatic rings. The van der Waals surface area contributed by atoms with E-state index in [4.69, 9.17) is 4.99 Å². The molecule has 1 spiro atoms. The first-order valence-corrected chi connectivity index (χ1v) is 19.6. The molecule has 3 heteroatoms. The van der Waals surface area contributed by atoms with Gasteiger partial charge in [-0.2, -0.15) is 0 Å². The first-order valence-electron chi connectivity index (χ1n) is 18.8. The van der Waals surface area contributed by atoms with E-state index in [1.54, 1.807) is 0 Å². The lowest BCUT2D eigenvalue weighted by Gasteiger charge is -2.45. The summed E-state index contributed by atoms with van der Waals surface area (Å²) in [7, 11) is 0. The third kappa shape index (κ3) is 5.33. The summed E-state index contributed by atoms with van der Waals surface area (Å²) in [5, 5.41) is 0. The Kier molecular flexibility index (Phi) is 8.01. The van der Waals surface area contributed by atoms with Crippen LogP contribution >= 0.6 is 15.9 Å². The summed E-state index contributed by atoms with van der Waals surface area (Å²) >= 11 is 3.92. The van der Waals surface area contributed by atoms with Gasteiger partial charge in [0.25, 0.3) is 0 Å². The normalized spacial score (nSPS) is 13.6. The SMILES string of the molecule is C/C(=N\c1ccccc1C)c1cc(-c2ccccc2)cc(-c2ccc3c(c2)C2(c4ccccc4-c4ccccc42)c2cc(Br)ccc2N3c2ccccc2)c1. The molecule has 1 aliphatic carbocycles. The molecule has 1 heterocycles. The Morgan fingerprint density at radius 3 is 1.75 bits per heavy atom. The van der Waals surface area contributed by atoms with Gasteiger partial charge >= 0.3 is 0 Å². The van der Waals surface area contributed by atoms with E-state index in [1.165, 1.54) is 50.3 Å². The van der Waals surface area contributed by atoms with Crippen LogP contribution in [0.5, 0.6) is 0 Å². The number of rotatable bonds is 5. The average molecular weight is 770 g/mol. The molecule has 0 fully saturated rings. The number of nitrogens with zero attached hydrogens (tertiary/aromatic N) is 2. The molecular formula is C52H37BrN2. The molecule has 10 rings (SSSR count). The zero-order chi connectivity index (χ0) is 37.1. The summed E-state index contributed by atoms with van der Waals surface area (Å²) in [5.74, 6) is 0. The molecule has 1 aliphatic heterocycles. The number of hydrogen-bond acceptors (Lipinski definition) is 2. The number of benzene rings is 8. The maximum absolute atomic E-state index is 5.16. The molecule has 262 valence electrons. The van der Waals surface area contributed by atoms with Crippen molar-refractivity contribution < 1.29 is 0 Å². The summed E-state index contributed by atoms with van der Waals surface area (Å²) in [6, 6.07) is 68.7. The Balaban J connectivity index is 1.27. The summed E-state index contributed by atoms with van der Waals surface area (Å²) in [6.07, 6.45) is 0. The van der Waals surface area contributed by atoms with Crippen LogP contribution in [0, 0.1) is 6.92 Å². The first-order chi connectivity index (χ1) is 27.0. The minimum atomic E-state index is -0.551. The van der Waals surface area contributed by atoms with Gasteiger partial charge in [-0.05, 0) is 147 Å². The number of hydrogen-bond donors (Lipinski definition) is 0. The van der Waals surface area contributed by atoms with Crippen molar-refractivity contribution in [1.29, 1.82) is 0 Å². The smallest absolute Gasteiger partial charge is 0.0754 e. The average Bonchev–Trinajstić information content (AvgIpc) is 3.53. The van der Waals surface area contributed by atoms with Gasteiger partial charge < -0.3 is 4.90 Å². The molecule has 0 atom stereocenters. The molecule has 2 nitrogen and oxygen atoms in total. The van der Waals surface area contributed by atoms with E-state index in [0.29, 0.717) is 0 Å². The Labute approximate surface area is 331 Å². The van der Waals surface area contributed by atoms with Crippen LogP contribution in [0.4, 0.5) is 22.7 Å². The maximum atomic E-state index is 5.16. The van der Waals surface area contributed by atoms with Crippen molar-refractivity contribution in [2.45, 2.75) is 19.3 Å². The number of anilines is 3. The second kappa shape index (κ2) is 13.2. The monoisotopic (exact) mass is 768 g/mol. The third-order valence-electron chi connectivity index (χ3n) is 11.4. The number of fused-ring (bicyclic) bond motifs is 9. The molecule has 0 unspecified atom stereocenters. The molecular weight excluding hydrogens is 732 g/mol. The lowest BCUT2D eigenvalue weighted by Crippen LogP contribution is -2.36. The highest BCUT2D eigenvalue weighted by molar-refractivity contribution is 9.10. The van der Waals surface area contributed by atoms with Gasteiger partial charge in [-0.1, -0.05) is 137 Å². The predicted molar refractivity (Wildman–Crippen MR) is 234 cm³/mol. The lowest BCUT2D eigenvalue weighted by atomic mass is 9.64. The van der Waals surface area contributed by atoms with Gasteiger partial charge in [-0.15, -0.1) is 0 Å². The molecule has 0 amide bonds. The highest BCUT2D eigenvalue weighted by atomic mass is 79.9. The van der Waals surface area contributed by atoms with Crippen molar-refractivity contribution in [3.8, 4) is 33.4 Å². The van der Waals surface area contributed by atoms with Crippen LogP contribution < -0.4 is 4.90 Å². The van der Waals surface area contributed by atoms with E-state index in [9.17, 15) is 0 Å². The molecule has 0 bridgehead atoms. The van der Waals surface area contributed by atoms with Crippen molar-refractivity contribution >= 4 is 44.4 Å². The van der Waals surface area contributed by atoms with Gasteiger partial charge in [0.1, 0.15) is 0 Å². The quantitative estimate of drug-likeness (QED) is 0.159. The number of para-hydroxylation sites is 2. The van der Waals surface area contributed by atoms with Gasteiger partial charge in [0.15, 0.2) is 0 Å². The van der Waals surface area contributed by atoms with Crippen molar-refractivity contribution in [3.63, 3.8) is 0 Å².